The third kappa shape index (κ3) is 2.68. The fraction of sp³-hybridized carbons (Fsp3) is 0.545. The van der Waals surface area contributed by atoms with Crippen LogP contribution in [0.1, 0.15) is 0 Å². The Balaban J connectivity index is 2.25. The Morgan fingerprint density at radius 2 is 1.67 bits per heavy atom. The van der Waals surface area contributed by atoms with Crippen LogP contribution < -0.4 is 4.90 Å². The molecule has 0 aromatic carbocycles. The summed E-state index contributed by atoms with van der Waals surface area (Å²) in [6.45, 7) is 1.30. The number of anilines is 1. The van der Waals surface area contributed by atoms with Gasteiger partial charge in [0.15, 0.2) is 0 Å². The highest BCUT2D eigenvalue weighted by atomic mass is 35.5. The third-order valence-electron chi connectivity index (χ3n) is 2.99. The van der Waals surface area contributed by atoms with Crippen molar-refractivity contribution in [2.45, 2.75) is 12.2 Å². The summed E-state index contributed by atoms with van der Waals surface area (Å²) in [5.41, 5.74) is 0. The largest absolute Gasteiger partial charge is 0.377 e. The molecule has 1 saturated heterocycles. The maximum atomic E-state index is 6.13. The van der Waals surface area contributed by atoms with Crippen LogP contribution in [0.5, 0.6) is 0 Å². The Hall–Kier alpha value is -0.260. The molecule has 0 bridgehead atoms. The molecule has 1 fully saturated rings. The van der Waals surface area contributed by atoms with Gasteiger partial charge in [-0.1, -0.05) is 34.8 Å². The van der Waals surface area contributed by atoms with E-state index < -0.39 is 0 Å². The quantitative estimate of drug-likeness (QED) is 0.804. The number of hydrogen-bond acceptors (Lipinski definition) is 4. The molecule has 0 spiro atoms. The molecule has 0 aliphatic carbocycles. The van der Waals surface area contributed by atoms with E-state index in [0.717, 1.165) is 0 Å². The molecule has 0 amide bonds. The maximum Gasteiger partial charge on any atom is 0.150 e. The van der Waals surface area contributed by atoms with Gasteiger partial charge in [-0.3, -0.25) is 0 Å². The zero-order valence-corrected chi connectivity index (χ0v) is 12.3. The molecule has 0 N–H and O–H groups in total. The molecule has 1 aromatic heterocycles. The van der Waals surface area contributed by atoms with E-state index in [0.29, 0.717) is 29.0 Å². The number of nitrogens with zero attached hydrogens (tertiary/aromatic N) is 2. The van der Waals surface area contributed by atoms with Gasteiger partial charge >= 0.3 is 0 Å². The first-order valence-electron chi connectivity index (χ1n) is 5.39. The van der Waals surface area contributed by atoms with Crippen molar-refractivity contribution in [1.29, 1.82) is 0 Å². The van der Waals surface area contributed by atoms with Crippen molar-refractivity contribution in [3.05, 3.63) is 21.3 Å². The van der Waals surface area contributed by atoms with Crippen molar-refractivity contribution in [3.63, 3.8) is 0 Å². The fourth-order valence-electron chi connectivity index (χ4n) is 2.03. The molecule has 1 aliphatic heterocycles. The third-order valence-corrected chi connectivity index (χ3v) is 3.94. The highest BCUT2D eigenvalue weighted by molar-refractivity contribution is 6.42. The molecule has 2 rings (SSSR count). The average Bonchev–Trinajstić information content (AvgIpc) is 2.76. The van der Waals surface area contributed by atoms with Gasteiger partial charge in [0.05, 0.1) is 10.0 Å². The van der Waals surface area contributed by atoms with E-state index in [4.69, 9.17) is 44.3 Å². The van der Waals surface area contributed by atoms with Crippen LogP contribution in [0, 0.1) is 0 Å². The van der Waals surface area contributed by atoms with Crippen molar-refractivity contribution in [2.24, 2.45) is 0 Å². The van der Waals surface area contributed by atoms with Crippen molar-refractivity contribution in [3.8, 4) is 0 Å². The van der Waals surface area contributed by atoms with Crippen molar-refractivity contribution in [2.75, 3.05) is 32.2 Å². The summed E-state index contributed by atoms with van der Waals surface area (Å²) < 4.78 is 10.7. The lowest BCUT2D eigenvalue weighted by Gasteiger charge is -2.18. The normalized spacial score (nSPS) is 23.7. The molecular weight excluding hydrogens is 298 g/mol. The zero-order chi connectivity index (χ0) is 13.3. The maximum absolute atomic E-state index is 6.13. The van der Waals surface area contributed by atoms with Gasteiger partial charge < -0.3 is 14.4 Å². The highest BCUT2D eigenvalue weighted by Gasteiger charge is 2.34. The van der Waals surface area contributed by atoms with E-state index in [1.54, 1.807) is 20.3 Å². The molecule has 0 radical (unpaired) electrons. The number of aromatic nitrogens is 1. The number of pyridine rings is 1. The highest BCUT2D eigenvalue weighted by Crippen LogP contribution is 2.33. The first kappa shape index (κ1) is 14.2. The Bertz CT molecular complexity index is 433. The van der Waals surface area contributed by atoms with Crippen LogP contribution in [0.3, 0.4) is 0 Å². The Labute approximate surface area is 121 Å². The SMILES string of the molecule is COC1CN(c2nc(Cl)c(Cl)cc2Cl)CC1OC. The van der Waals surface area contributed by atoms with Gasteiger partial charge in [0.1, 0.15) is 23.2 Å². The van der Waals surface area contributed by atoms with Crippen LogP contribution in [0.4, 0.5) is 5.82 Å². The summed E-state index contributed by atoms with van der Waals surface area (Å²) in [4.78, 5) is 6.19. The van der Waals surface area contributed by atoms with Gasteiger partial charge in [0.2, 0.25) is 0 Å². The smallest absolute Gasteiger partial charge is 0.150 e. The summed E-state index contributed by atoms with van der Waals surface area (Å²) in [5, 5.41) is 1.05. The second kappa shape index (κ2) is 5.80. The van der Waals surface area contributed by atoms with Crippen LogP contribution in [0.25, 0.3) is 0 Å². The Kier molecular flexibility index (Phi) is 4.56. The molecule has 0 saturated carbocycles. The first-order chi connectivity index (χ1) is 8.56. The molecular formula is C11H13Cl3N2O2. The summed E-state index contributed by atoms with van der Waals surface area (Å²) in [6.07, 6.45) is -0.0235. The van der Waals surface area contributed by atoms with Crippen molar-refractivity contribution in [1.82, 2.24) is 4.98 Å². The molecule has 2 heterocycles. The van der Waals surface area contributed by atoms with Crippen LogP contribution >= 0.6 is 34.8 Å². The van der Waals surface area contributed by atoms with Crippen LogP contribution in [-0.4, -0.2) is 44.5 Å². The van der Waals surface area contributed by atoms with E-state index in [1.165, 1.54) is 0 Å². The summed E-state index contributed by atoms with van der Waals surface area (Å²) >= 11 is 17.9. The molecule has 4 nitrogen and oxygen atoms in total. The second-order valence-electron chi connectivity index (χ2n) is 4.02. The van der Waals surface area contributed by atoms with Crippen LogP contribution in [0.15, 0.2) is 6.07 Å². The van der Waals surface area contributed by atoms with Crippen molar-refractivity contribution >= 4 is 40.6 Å². The topological polar surface area (TPSA) is 34.6 Å². The summed E-state index contributed by atoms with van der Waals surface area (Å²) in [6, 6.07) is 1.59. The Morgan fingerprint density at radius 3 is 2.17 bits per heavy atom. The molecule has 100 valence electrons. The number of ether oxygens (including phenoxy) is 2. The van der Waals surface area contributed by atoms with E-state index in [1.807, 2.05) is 4.90 Å². The van der Waals surface area contributed by atoms with Gasteiger partial charge in [-0.15, -0.1) is 0 Å². The molecule has 2 unspecified atom stereocenters. The van der Waals surface area contributed by atoms with Gasteiger partial charge in [0, 0.05) is 27.3 Å². The predicted octanol–water partition coefficient (Wildman–Crippen LogP) is 2.89. The second-order valence-corrected chi connectivity index (χ2v) is 5.19. The Morgan fingerprint density at radius 1 is 1.11 bits per heavy atom. The number of halogens is 3. The predicted molar refractivity (Wildman–Crippen MR) is 73.1 cm³/mol. The van der Waals surface area contributed by atoms with Gasteiger partial charge in [0.25, 0.3) is 0 Å². The van der Waals surface area contributed by atoms with Gasteiger partial charge in [-0.25, -0.2) is 4.98 Å². The van der Waals surface area contributed by atoms with E-state index in [-0.39, 0.29) is 17.4 Å². The van der Waals surface area contributed by atoms with E-state index in [2.05, 4.69) is 4.98 Å². The van der Waals surface area contributed by atoms with Gasteiger partial charge in [-0.05, 0) is 6.07 Å². The lowest BCUT2D eigenvalue weighted by Crippen LogP contribution is -2.27. The van der Waals surface area contributed by atoms with E-state index in [9.17, 15) is 0 Å². The first-order valence-corrected chi connectivity index (χ1v) is 6.52. The fourth-order valence-corrected chi connectivity index (χ4v) is 2.64. The molecule has 7 heteroatoms. The zero-order valence-electron chi connectivity index (χ0n) is 9.99. The lowest BCUT2D eigenvalue weighted by molar-refractivity contribution is -0.00461. The van der Waals surface area contributed by atoms with Crippen LogP contribution in [-0.2, 0) is 9.47 Å². The lowest BCUT2D eigenvalue weighted by atomic mass is 10.3. The number of methoxy groups -OCH3 is 2. The summed E-state index contributed by atoms with van der Waals surface area (Å²) in [5.74, 6) is 0.604. The molecule has 2 atom stereocenters. The minimum absolute atomic E-state index is 0.0117. The monoisotopic (exact) mass is 310 g/mol. The number of hydrogen-bond donors (Lipinski definition) is 0. The molecule has 1 aliphatic rings. The minimum Gasteiger partial charge on any atom is -0.377 e. The molecule has 1 aromatic rings. The van der Waals surface area contributed by atoms with Gasteiger partial charge in [-0.2, -0.15) is 0 Å². The minimum atomic E-state index is -0.0117. The average molecular weight is 312 g/mol. The van der Waals surface area contributed by atoms with E-state index >= 15 is 0 Å². The van der Waals surface area contributed by atoms with Crippen molar-refractivity contribution < 1.29 is 9.47 Å². The molecule has 18 heavy (non-hydrogen) atoms. The van der Waals surface area contributed by atoms with Crippen LogP contribution in [0.2, 0.25) is 15.2 Å². The summed E-state index contributed by atoms with van der Waals surface area (Å²) in [7, 11) is 3.31. The standard InChI is InChI=1S/C11H13Cl3N2O2/c1-17-8-4-16(5-9(8)18-2)11-7(13)3-6(12)10(14)15-11/h3,8-9H,4-5H2,1-2H3. The number of rotatable bonds is 3.